The van der Waals surface area contributed by atoms with Gasteiger partial charge in [-0.05, 0) is 24.3 Å². The third-order valence-electron chi connectivity index (χ3n) is 3.98. The third-order valence-corrected chi connectivity index (χ3v) is 3.98. The molecule has 0 bridgehead atoms. The fourth-order valence-electron chi connectivity index (χ4n) is 2.76. The van der Waals surface area contributed by atoms with Crippen LogP contribution < -0.4 is 10.6 Å². The van der Waals surface area contributed by atoms with Gasteiger partial charge in [0, 0.05) is 19.1 Å². The van der Waals surface area contributed by atoms with Gasteiger partial charge in [0.2, 0.25) is 0 Å². The Bertz CT molecular complexity index is 429. The molecule has 4 nitrogen and oxygen atoms in total. The van der Waals surface area contributed by atoms with Crippen LogP contribution in [0.5, 0.6) is 0 Å². The molecule has 1 heterocycles. The zero-order valence-corrected chi connectivity index (χ0v) is 12.2. The number of hydrogen-bond donors (Lipinski definition) is 2. The molecule has 1 aliphatic carbocycles. The number of amides is 1. The van der Waals surface area contributed by atoms with Crippen molar-refractivity contribution in [3.8, 4) is 0 Å². The van der Waals surface area contributed by atoms with Gasteiger partial charge in [-0.1, -0.05) is 30.3 Å². The molecule has 0 aromatic heterocycles. The minimum atomic E-state index is -0.315. The summed E-state index contributed by atoms with van der Waals surface area (Å²) in [7, 11) is 0. The Kier molecular flexibility index (Phi) is 5.40. The van der Waals surface area contributed by atoms with Crippen molar-refractivity contribution >= 4 is 18.3 Å². The highest BCUT2D eigenvalue weighted by Gasteiger charge is 2.33. The lowest BCUT2D eigenvalue weighted by molar-refractivity contribution is -0.135. The Hall–Kier alpha value is -1.10. The molecule has 0 spiro atoms. The first-order valence-corrected chi connectivity index (χ1v) is 7.00. The van der Waals surface area contributed by atoms with Crippen molar-refractivity contribution in [2.45, 2.75) is 30.9 Å². The molecular formula is C15H21ClN2O2. The Balaban J connectivity index is 0.00000147. The van der Waals surface area contributed by atoms with E-state index in [2.05, 4.69) is 34.9 Å². The molecule has 1 amide bonds. The van der Waals surface area contributed by atoms with Crippen molar-refractivity contribution < 1.29 is 9.53 Å². The van der Waals surface area contributed by atoms with E-state index >= 15 is 0 Å². The second-order valence-electron chi connectivity index (χ2n) is 5.35. The fourth-order valence-corrected chi connectivity index (χ4v) is 2.76. The molecule has 1 aromatic carbocycles. The number of carbonyl (C=O) groups excluding carboxylic acids is 1. The lowest BCUT2D eigenvalue weighted by Gasteiger charge is -2.37. The predicted octanol–water partition coefficient (Wildman–Crippen LogP) is 1.46. The molecule has 20 heavy (non-hydrogen) atoms. The van der Waals surface area contributed by atoms with E-state index in [9.17, 15) is 4.79 Å². The summed E-state index contributed by atoms with van der Waals surface area (Å²) in [5, 5.41) is 6.26. The monoisotopic (exact) mass is 296 g/mol. The van der Waals surface area contributed by atoms with Crippen LogP contribution in [0.4, 0.5) is 0 Å². The Morgan fingerprint density at radius 1 is 1.25 bits per heavy atom. The van der Waals surface area contributed by atoms with Gasteiger partial charge in [0.15, 0.2) is 0 Å². The van der Waals surface area contributed by atoms with E-state index in [-0.39, 0.29) is 24.4 Å². The lowest BCUT2D eigenvalue weighted by Crippen LogP contribution is -2.52. The molecule has 0 radical (unpaired) electrons. The van der Waals surface area contributed by atoms with E-state index in [1.165, 1.54) is 5.56 Å². The van der Waals surface area contributed by atoms with Gasteiger partial charge in [0.1, 0.15) is 6.10 Å². The van der Waals surface area contributed by atoms with Crippen LogP contribution in [0.2, 0.25) is 0 Å². The van der Waals surface area contributed by atoms with Crippen LogP contribution in [0.3, 0.4) is 0 Å². The molecule has 2 N–H and O–H groups in total. The molecule has 1 saturated carbocycles. The van der Waals surface area contributed by atoms with Crippen LogP contribution >= 0.6 is 12.4 Å². The lowest BCUT2D eigenvalue weighted by atomic mass is 9.76. The standard InChI is InChI=1S/C15H20N2O2.ClH/c18-15(14-10-16-6-7-19-14)17-13-8-12(9-13)11-4-2-1-3-5-11;/h1-5,12-14,16H,6-10H2,(H,17,18);1H. The van der Waals surface area contributed by atoms with Gasteiger partial charge in [-0.2, -0.15) is 0 Å². The summed E-state index contributed by atoms with van der Waals surface area (Å²) in [5.41, 5.74) is 1.38. The summed E-state index contributed by atoms with van der Waals surface area (Å²) in [6.45, 7) is 2.08. The van der Waals surface area contributed by atoms with Gasteiger partial charge in [0.25, 0.3) is 5.91 Å². The second kappa shape index (κ2) is 7.07. The van der Waals surface area contributed by atoms with Gasteiger partial charge in [-0.15, -0.1) is 12.4 Å². The summed E-state index contributed by atoms with van der Waals surface area (Å²) in [6, 6.07) is 10.8. The van der Waals surface area contributed by atoms with Crippen molar-refractivity contribution in [2.24, 2.45) is 0 Å². The molecule has 5 heteroatoms. The SMILES string of the molecule is Cl.O=C(NC1CC(c2ccccc2)C1)C1CNCCO1. The first-order valence-electron chi connectivity index (χ1n) is 7.00. The highest BCUT2D eigenvalue weighted by Crippen LogP contribution is 2.36. The number of ether oxygens (including phenoxy) is 1. The van der Waals surface area contributed by atoms with E-state index < -0.39 is 0 Å². The van der Waals surface area contributed by atoms with Crippen molar-refractivity contribution in [3.63, 3.8) is 0 Å². The number of benzene rings is 1. The van der Waals surface area contributed by atoms with Crippen molar-refractivity contribution in [3.05, 3.63) is 35.9 Å². The summed E-state index contributed by atoms with van der Waals surface area (Å²) in [6.07, 6.45) is 1.76. The number of hydrogen-bond acceptors (Lipinski definition) is 3. The average molecular weight is 297 g/mol. The minimum absolute atomic E-state index is 0. The normalized spacial score (nSPS) is 28.9. The van der Waals surface area contributed by atoms with E-state index in [1.807, 2.05) is 6.07 Å². The first kappa shape index (κ1) is 15.3. The summed E-state index contributed by atoms with van der Waals surface area (Å²) >= 11 is 0. The highest BCUT2D eigenvalue weighted by atomic mass is 35.5. The zero-order valence-electron chi connectivity index (χ0n) is 11.4. The number of carbonyl (C=O) groups is 1. The number of halogens is 1. The van der Waals surface area contributed by atoms with Gasteiger partial charge in [0.05, 0.1) is 6.61 Å². The number of rotatable bonds is 3. The third kappa shape index (κ3) is 3.51. The zero-order chi connectivity index (χ0) is 13.1. The van der Waals surface area contributed by atoms with Crippen molar-refractivity contribution in [1.29, 1.82) is 0 Å². The van der Waals surface area contributed by atoms with Crippen LogP contribution in [0.25, 0.3) is 0 Å². The molecule has 2 aliphatic rings. The predicted molar refractivity (Wildman–Crippen MR) is 80.2 cm³/mol. The average Bonchev–Trinajstić information content (AvgIpc) is 2.44. The molecule has 1 aliphatic heterocycles. The van der Waals surface area contributed by atoms with E-state index in [4.69, 9.17) is 4.74 Å². The highest BCUT2D eigenvalue weighted by molar-refractivity contribution is 5.85. The number of nitrogens with one attached hydrogen (secondary N) is 2. The van der Waals surface area contributed by atoms with Gasteiger partial charge in [-0.25, -0.2) is 0 Å². The van der Waals surface area contributed by atoms with Crippen molar-refractivity contribution in [2.75, 3.05) is 19.7 Å². The maximum absolute atomic E-state index is 12.0. The summed E-state index contributed by atoms with van der Waals surface area (Å²) in [4.78, 5) is 12.0. The summed E-state index contributed by atoms with van der Waals surface area (Å²) in [5.74, 6) is 0.626. The van der Waals surface area contributed by atoms with Crippen LogP contribution in [0.15, 0.2) is 30.3 Å². The molecule has 1 atom stereocenters. The van der Waals surface area contributed by atoms with E-state index in [0.29, 0.717) is 25.1 Å². The molecule has 110 valence electrons. The topological polar surface area (TPSA) is 50.4 Å². The smallest absolute Gasteiger partial charge is 0.250 e. The van der Waals surface area contributed by atoms with Crippen LogP contribution in [0.1, 0.15) is 24.3 Å². The summed E-state index contributed by atoms with van der Waals surface area (Å²) < 4.78 is 5.45. The van der Waals surface area contributed by atoms with Crippen LogP contribution in [-0.4, -0.2) is 37.7 Å². The maximum atomic E-state index is 12.0. The quantitative estimate of drug-likeness (QED) is 0.888. The molecule has 1 aromatic rings. The van der Waals surface area contributed by atoms with Crippen LogP contribution in [-0.2, 0) is 9.53 Å². The minimum Gasteiger partial charge on any atom is -0.366 e. The molecule has 3 rings (SSSR count). The van der Waals surface area contributed by atoms with E-state index in [1.54, 1.807) is 0 Å². The van der Waals surface area contributed by atoms with Gasteiger partial charge >= 0.3 is 0 Å². The molecular weight excluding hydrogens is 276 g/mol. The largest absolute Gasteiger partial charge is 0.366 e. The van der Waals surface area contributed by atoms with Crippen molar-refractivity contribution in [1.82, 2.24) is 10.6 Å². The maximum Gasteiger partial charge on any atom is 0.250 e. The second-order valence-corrected chi connectivity index (χ2v) is 5.35. The Morgan fingerprint density at radius 3 is 2.65 bits per heavy atom. The molecule has 1 unspecified atom stereocenters. The van der Waals surface area contributed by atoms with Crippen LogP contribution in [0, 0.1) is 0 Å². The first-order chi connectivity index (χ1) is 9.33. The fraction of sp³-hybridized carbons (Fsp3) is 0.533. The molecule has 2 fully saturated rings. The molecule has 1 saturated heterocycles. The van der Waals surface area contributed by atoms with Gasteiger partial charge < -0.3 is 15.4 Å². The van der Waals surface area contributed by atoms with Gasteiger partial charge in [-0.3, -0.25) is 4.79 Å². The Morgan fingerprint density at radius 2 is 2.00 bits per heavy atom. The number of morpholine rings is 1. The Labute approximate surface area is 125 Å². The van der Waals surface area contributed by atoms with E-state index in [0.717, 1.165) is 19.4 Å².